The van der Waals surface area contributed by atoms with Crippen molar-refractivity contribution in [3.8, 4) is 0 Å². The molecule has 0 unspecified atom stereocenters. The summed E-state index contributed by atoms with van der Waals surface area (Å²) in [6, 6.07) is 5.88. The van der Waals surface area contributed by atoms with Crippen molar-refractivity contribution in [2.24, 2.45) is 0 Å². The molecule has 1 saturated heterocycles. The van der Waals surface area contributed by atoms with Crippen LogP contribution in [0.5, 0.6) is 0 Å². The van der Waals surface area contributed by atoms with E-state index in [1.807, 2.05) is 18.2 Å². The third kappa shape index (κ3) is 3.11. The molecule has 0 bridgehead atoms. The number of likely N-dealkylation sites (N-methyl/N-ethyl adjacent to an activating group) is 1. The molecule has 0 N–H and O–H groups in total. The molecule has 0 saturated carbocycles. The van der Waals surface area contributed by atoms with Gasteiger partial charge in [-0.15, -0.1) is 0 Å². The van der Waals surface area contributed by atoms with Gasteiger partial charge in [-0.3, -0.25) is 4.90 Å². The van der Waals surface area contributed by atoms with E-state index in [-0.39, 0.29) is 0 Å². The molecular weight excluding hydrogens is 243 g/mol. The second kappa shape index (κ2) is 5.37. The molecule has 0 aliphatic carbocycles. The van der Waals surface area contributed by atoms with Crippen LogP contribution in [0.3, 0.4) is 0 Å². The summed E-state index contributed by atoms with van der Waals surface area (Å²) in [6.45, 7) is 5.49. The van der Waals surface area contributed by atoms with E-state index in [4.69, 9.17) is 23.2 Å². The van der Waals surface area contributed by atoms with Crippen molar-refractivity contribution in [2.45, 2.75) is 6.54 Å². The van der Waals surface area contributed by atoms with Crippen molar-refractivity contribution in [2.75, 3.05) is 33.2 Å². The van der Waals surface area contributed by atoms with Crippen molar-refractivity contribution in [1.82, 2.24) is 9.80 Å². The number of halogens is 2. The second-order valence-electron chi connectivity index (χ2n) is 4.33. The Bertz CT molecular complexity index is 360. The van der Waals surface area contributed by atoms with Gasteiger partial charge in [-0.25, -0.2) is 0 Å². The minimum atomic E-state index is 0.629. The van der Waals surface area contributed by atoms with Gasteiger partial charge in [0, 0.05) is 32.7 Å². The van der Waals surface area contributed by atoms with E-state index in [0.717, 1.165) is 32.7 Å². The maximum Gasteiger partial charge on any atom is 0.0595 e. The maximum absolute atomic E-state index is 6.00. The van der Waals surface area contributed by atoms with Crippen molar-refractivity contribution in [1.29, 1.82) is 0 Å². The number of nitrogens with zero attached hydrogens (tertiary/aromatic N) is 2. The van der Waals surface area contributed by atoms with Crippen LogP contribution < -0.4 is 0 Å². The van der Waals surface area contributed by atoms with Gasteiger partial charge in [0.2, 0.25) is 0 Å². The Morgan fingerprint density at radius 3 is 2.38 bits per heavy atom. The van der Waals surface area contributed by atoms with Crippen LogP contribution in [-0.2, 0) is 6.54 Å². The summed E-state index contributed by atoms with van der Waals surface area (Å²) in [4.78, 5) is 4.80. The van der Waals surface area contributed by atoms with Crippen LogP contribution in [0.2, 0.25) is 10.0 Å². The van der Waals surface area contributed by atoms with Crippen molar-refractivity contribution in [3.05, 3.63) is 33.8 Å². The van der Waals surface area contributed by atoms with E-state index in [1.54, 1.807) is 0 Å². The lowest BCUT2D eigenvalue weighted by Gasteiger charge is -2.32. The number of rotatable bonds is 2. The highest BCUT2D eigenvalue weighted by molar-refractivity contribution is 6.42. The molecule has 1 aliphatic rings. The van der Waals surface area contributed by atoms with Gasteiger partial charge in [-0.2, -0.15) is 0 Å². The first kappa shape index (κ1) is 12.2. The monoisotopic (exact) mass is 258 g/mol. The fourth-order valence-electron chi connectivity index (χ4n) is 1.90. The molecule has 4 heteroatoms. The van der Waals surface area contributed by atoms with E-state index in [0.29, 0.717) is 10.0 Å². The van der Waals surface area contributed by atoms with Gasteiger partial charge in [0.15, 0.2) is 0 Å². The normalized spacial score (nSPS) is 18.9. The topological polar surface area (TPSA) is 6.48 Å². The average Bonchev–Trinajstić information content (AvgIpc) is 2.27. The zero-order chi connectivity index (χ0) is 11.5. The predicted molar refractivity (Wildman–Crippen MR) is 69.2 cm³/mol. The van der Waals surface area contributed by atoms with Crippen LogP contribution in [0.4, 0.5) is 0 Å². The highest BCUT2D eigenvalue weighted by Crippen LogP contribution is 2.23. The van der Waals surface area contributed by atoms with Crippen LogP contribution in [0.25, 0.3) is 0 Å². The van der Waals surface area contributed by atoms with Crippen LogP contribution in [0.15, 0.2) is 18.2 Å². The van der Waals surface area contributed by atoms with Crippen LogP contribution in [-0.4, -0.2) is 43.0 Å². The quantitative estimate of drug-likeness (QED) is 0.805. The molecular formula is C12H16Cl2N2. The van der Waals surface area contributed by atoms with Crippen LogP contribution in [0, 0.1) is 0 Å². The molecule has 1 heterocycles. The van der Waals surface area contributed by atoms with Crippen LogP contribution >= 0.6 is 23.2 Å². The molecule has 1 aromatic rings. The maximum atomic E-state index is 6.00. The Morgan fingerprint density at radius 2 is 1.75 bits per heavy atom. The Morgan fingerprint density at radius 1 is 1.06 bits per heavy atom. The molecule has 1 aliphatic heterocycles. The van der Waals surface area contributed by atoms with Gasteiger partial charge >= 0.3 is 0 Å². The minimum Gasteiger partial charge on any atom is -0.304 e. The van der Waals surface area contributed by atoms with Crippen molar-refractivity contribution in [3.63, 3.8) is 0 Å². The third-order valence-corrected chi connectivity index (χ3v) is 3.73. The molecule has 88 valence electrons. The molecule has 0 aromatic heterocycles. The Labute approximate surface area is 107 Å². The summed E-state index contributed by atoms with van der Waals surface area (Å²) in [5, 5.41) is 1.28. The van der Waals surface area contributed by atoms with Gasteiger partial charge in [0.05, 0.1) is 10.0 Å². The average molecular weight is 259 g/mol. The molecule has 0 radical (unpaired) electrons. The molecule has 1 fully saturated rings. The molecule has 2 nitrogen and oxygen atoms in total. The SMILES string of the molecule is CN1CCN(Cc2ccc(Cl)c(Cl)c2)CC1. The van der Waals surface area contributed by atoms with E-state index in [2.05, 4.69) is 16.8 Å². The lowest BCUT2D eigenvalue weighted by Crippen LogP contribution is -2.43. The first-order chi connectivity index (χ1) is 7.65. The van der Waals surface area contributed by atoms with E-state index < -0.39 is 0 Å². The molecule has 1 aromatic carbocycles. The lowest BCUT2D eigenvalue weighted by atomic mass is 10.2. The number of benzene rings is 1. The highest BCUT2D eigenvalue weighted by Gasteiger charge is 2.13. The van der Waals surface area contributed by atoms with Gasteiger partial charge in [-0.05, 0) is 24.7 Å². The predicted octanol–water partition coefficient (Wildman–Crippen LogP) is 2.74. The Hall–Kier alpha value is -0.280. The highest BCUT2D eigenvalue weighted by atomic mass is 35.5. The second-order valence-corrected chi connectivity index (χ2v) is 5.14. The number of hydrogen-bond donors (Lipinski definition) is 0. The van der Waals surface area contributed by atoms with Gasteiger partial charge in [0.25, 0.3) is 0 Å². The zero-order valence-corrected chi connectivity index (χ0v) is 10.9. The summed E-state index contributed by atoms with van der Waals surface area (Å²) in [6.07, 6.45) is 0. The summed E-state index contributed by atoms with van der Waals surface area (Å²) in [5.74, 6) is 0. The van der Waals surface area contributed by atoms with Gasteiger partial charge < -0.3 is 4.90 Å². The first-order valence-electron chi connectivity index (χ1n) is 5.50. The number of piperazine rings is 1. The van der Waals surface area contributed by atoms with E-state index in [9.17, 15) is 0 Å². The van der Waals surface area contributed by atoms with Gasteiger partial charge in [-0.1, -0.05) is 29.3 Å². The fourth-order valence-corrected chi connectivity index (χ4v) is 2.22. The molecule has 0 spiro atoms. The van der Waals surface area contributed by atoms with Crippen LogP contribution in [0.1, 0.15) is 5.56 Å². The summed E-state index contributed by atoms with van der Waals surface area (Å²) in [7, 11) is 2.16. The third-order valence-electron chi connectivity index (χ3n) is 2.99. The molecule has 0 atom stereocenters. The minimum absolute atomic E-state index is 0.629. The molecule has 2 rings (SSSR count). The molecule has 0 amide bonds. The lowest BCUT2D eigenvalue weighted by molar-refractivity contribution is 0.148. The van der Waals surface area contributed by atoms with Crippen molar-refractivity contribution >= 4 is 23.2 Å². The van der Waals surface area contributed by atoms with E-state index in [1.165, 1.54) is 5.56 Å². The van der Waals surface area contributed by atoms with Crippen molar-refractivity contribution < 1.29 is 0 Å². The summed E-state index contributed by atoms with van der Waals surface area (Å²) in [5.41, 5.74) is 1.24. The summed E-state index contributed by atoms with van der Waals surface area (Å²) >= 11 is 11.9. The first-order valence-corrected chi connectivity index (χ1v) is 6.25. The largest absolute Gasteiger partial charge is 0.304 e. The number of hydrogen-bond acceptors (Lipinski definition) is 2. The standard InChI is InChI=1S/C12H16Cl2N2/c1-15-4-6-16(7-5-15)9-10-2-3-11(13)12(14)8-10/h2-3,8H,4-7,9H2,1H3. The Kier molecular flexibility index (Phi) is 4.09. The molecule has 16 heavy (non-hydrogen) atoms. The van der Waals surface area contributed by atoms with Gasteiger partial charge in [0.1, 0.15) is 0 Å². The Balaban J connectivity index is 1.96. The zero-order valence-electron chi connectivity index (χ0n) is 9.42. The fraction of sp³-hybridized carbons (Fsp3) is 0.500. The smallest absolute Gasteiger partial charge is 0.0595 e. The van der Waals surface area contributed by atoms with E-state index >= 15 is 0 Å². The summed E-state index contributed by atoms with van der Waals surface area (Å²) < 4.78 is 0.